The van der Waals surface area contributed by atoms with E-state index in [1.165, 1.54) is 18.2 Å². The van der Waals surface area contributed by atoms with Crippen LogP contribution in [0.5, 0.6) is 5.75 Å². The Labute approximate surface area is 142 Å². The zero-order valence-electron chi connectivity index (χ0n) is 13.6. The van der Waals surface area contributed by atoms with Crippen LogP contribution in [0.25, 0.3) is 0 Å². The predicted octanol–water partition coefficient (Wildman–Crippen LogP) is 2.23. The van der Waals surface area contributed by atoms with Crippen LogP contribution < -0.4 is 4.74 Å². The average molecular weight is 358 g/mol. The minimum Gasteiger partial charge on any atom is -0.492 e. The highest BCUT2D eigenvalue weighted by molar-refractivity contribution is 7.86. The number of esters is 1. The van der Waals surface area contributed by atoms with Crippen molar-refractivity contribution in [2.75, 3.05) is 26.4 Å². The van der Waals surface area contributed by atoms with Crippen molar-refractivity contribution in [2.45, 2.75) is 24.7 Å². The van der Waals surface area contributed by atoms with Crippen molar-refractivity contribution in [1.82, 2.24) is 0 Å². The van der Waals surface area contributed by atoms with Gasteiger partial charge in [0.05, 0.1) is 13.2 Å². The molecule has 0 aliphatic carbocycles. The quantitative estimate of drug-likeness (QED) is 0.280. The number of hydrogen-bond acceptors (Lipinski definition) is 6. The predicted molar refractivity (Wildman–Crippen MR) is 87.6 cm³/mol. The largest absolute Gasteiger partial charge is 0.492 e. The zero-order chi connectivity index (χ0) is 18.0. The fourth-order valence-electron chi connectivity index (χ4n) is 1.68. The Bertz CT molecular complexity index is 652. The first-order valence-electron chi connectivity index (χ1n) is 7.42. The minimum absolute atomic E-state index is 0.103. The van der Waals surface area contributed by atoms with E-state index < -0.39 is 16.1 Å². The lowest BCUT2D eigenvalue weighted by Crippen LogP contribution is -2.10. The molecule has 1 aromatic rings. The third kappa shape index (κ3) is 7.58. The fourth-order valence-corrected chi connectivity index (χ4v) is 2.31. The maximum atomic E-state index is 11.2. The van der Waals surface area contributed by atoms with Gasteiger partial charge in [0.1, 0.15) is 10.6 Å². The molecule has 0 aromatic heterocycles. The van der Waals surface area contributed by atoms with Gasteiger partial charge in [0.2, 0.25) is 0 Å². The molecule has 24 heavy (non-hydrogen) atoms. The molecule has 0 saturated heterocycles. The molecule has 0 fully saturated rings. The number of carbonyl (C=O) groups is 1. The molecule has 0 aliphatic heterocycles. The van der Waals surface area contributed by atoms with Gasteiger partial charge in [-0.2, -0.15) is 8.42 Å². The maximum Gasteiger partial charge on any atom is 0.333 e. The van der Waals surface area contributed by atoms with Gasteiger partial charge in [0, 0.05) is 31.6 Å². The molecule has 0 radical (unpaired) electrons. The second kappa shape index (κ2) is 10.1. The van der Waals surface area contributed by atoms with Gasteiger partial charge in [-0.3, -0.25) is 4.55 Å². The molecular formula is C16H22O7S. The van der Waals surface area contributed by atoms with E-state index in [9.17, 15) is 13.2 Å². The Morgan fingerprint density at radius 1 is 1.12 bits per heavy atom. The summed E-state index contributed by atoms with van der Waals surface area (Å²) in [6.07, 6.45) is 1.12. The molecule has 0 aliphatic rings. The molecule has 0 saturated carbocycles. The van der Waals surface area contributed by atoms with Gasteiger partial charge in [0.25, 0.3) is 10.1 Å². The van der Waals surface area contributed by atoms with Crippen LogP contribution in [-0.2, 0) is 24.4 Å². The van der Waals surface area contributed by atoms with Crippen LogP contribution in [0.1, 0.15) is 19.8 Å². The van der Waals surface area contributed by atoms with Crippen molar-refractivity contribution in [2.24, 2.45) is 0 Å². The molecule has 134 valence electrons. The van der Waals surface area contributed by atoms with Crippen molar-refractivity contribution >= 4 is 16.1 Å². The summed E-state index contributed by atoms with van der Waals surface area (Å²) >= 11 is 0. The number of ether oxygens (including phenoxy) is 3. The molecular weight excluding hydrogens is 336 g/mol. The summed E-state index contributed by atoms with van der Waals surface area (Å²) in [5, 5.41) is 0. The van der Waals surface area contributed by atoms with Crippen LogP contribution >= 0.6 is 0 Å². The van der Waals surface area contributed by atoms with Crippen LogP contribution in [0.15, 0.2) is 41.3 Å². The van der Waals surface area contributed by atoms with Crippen molar-refractivity contribution in [3.63, 3.8) is 0 Å². The Balaban J connectivity index is 2.15. The highest BCUT2D eigenvalue weighted by Crippen LogP contribution is 2.22. The third-order valence-electron chi connectivity index (χ3n) is 2.83. The lowest BCUT2D eigenvalue weighted by molar-refractivity contribution is -0.139. The summed E-state index contributed by atoms with van der Waals surface area (Å²) in [4.78, 5) is 10.9. The zero-order valence-corrected chi connectivity index (χ0v) is 14.4. The van der Waals surface area contributed by atoms with E-state index >= 15 is 0 Å². The van der Waals surface area contributed by atoms with E-state index in [1.54, 1.807) is 13.0 Å². The van der Waals surface area contributed by atoms with Crippen LogP contribution in [0.3, 0.4) is 0 Å². The Morgan fingerprint density at radius 2 is 1.75 bits per heavy atom. The van der Waals surface area contributed by atoms with Crippen molar-refractivity contribution < 1.29 is 32.0 Å². The highest BCUT2D eigenvalue weighted by atomic mass is 32.2. The normalized spacial score (nSPS) is 11.1. The molecule has 0 heterocycles. The number of carbonyl (C=O) groups excluding carboxylic acids is 1. The fraction of sp³-hybridized carbons (Fsp3) is 0.438. The Hall–Kier alpha value is -1.90. The average Bonchev–Trinajstić information content (AvgIpc) is 2.52. The molecule has 1 rings (SSSR count). The minimum atomic E-state index is -4.31. The van der Waals surface area contributed by atoms with Crippen molar-refractivity contribution in [3.8, 4) is 5.75 Å². The first-order chi connectivity index (χ1) is 11.3. The van der Waals surface area contributed by atoms with Crippen molar-refractivity contribution in [1.29, 1.82) is 0 Å². The lowest BCUT2D eigenvalue weighted by Gasteiger charge is -2.10. The first-order valence-corrected chi connectivity index (χ1v) is 8.86. The molecule has 0 amide bonds. The third-order valence-corrected chi connectivity index (χ3v) is 3.73. The van der Waals surface area contributed by atoms with Gasteiger partial charge in [-0.1, -0.05) is 18.7 Å². The summed E-state index contributed by atoms with van der Waals surface area (Å²) in [6, 6.07) is 5.86. The summed E-state index contributed by atoms with van der Waals surface area (Å²) in [5.74, 6) is -0.312. The summed E-state index contributed by atoms with van der Waals surface area (Å²) < 4.78 is 47.1. The molecule has 8 heteroatoms. The van der Waals surface area contributed by atoms with E-state index in [2.05, 4.69) is 6.58 Å². The van der Waals surface area contributed by atoms with Crippen LogP contribution in [0.2, 0.25) is 0 Å². The molecule has 1 aromatic carbocycles. The lowest BCUT2D eigenvalue weighted by atomic mass is 10.3. The monoisotopic (exact) mass is 358 g/mol. The second-order valence-corrected chi connectivity index (χ2v) is 6.40. The molecule has 0 unspecified atom stereocenters. The Kier molecular flexibility index (Phi) is 8.45. The van der Waals surface area contributed by atoms with Gasteiger partial charge >= 0.3 is 5.97 Å². The van der Waals surface area contributed by atoms with Gasteiger partial charge in [-0.05, 0) is 19.1 Å². The van der Waals surface area contributed by atoms with E-state index in [0.29, 0.717) is 31.6 Å². The number of rotatable bonds is 11. The van der Waals surface area contributed by atoms with E-state index in [-0.39, 0.29) is 23.9 Å². The van der Waals surface area contributed by atoms with E-state index in [4.69, 9.17) is 18.8 Å². The van der Waals surface area contributed by atoms with Gasteiger partial charge in [-0.15, -0.1) is 0 Å². The summed E-state index contributed by atoms with van der Waals surface area (Å²) in [7, 11) is -4.31. The van der Waals surface area contributed by atoms with Crippen molar-refractivity contribution in [3.05, 3.63) is 36.4 Å². The molecule has 0 spiro atoms. The standard InChI is InChI=1S/C16H22O7S/c1-13(2)16(17)23-12-6-10-21-9-5-11-22-14-7-3-4-8-15(14)24(18,19)20/h3-4,7-8H,1,5-6,9-12H2,2H3,(H,18,19,20). The second-order valence-electron chi connectivity index (χ2n) is 5.01. The summed E-state index contributed by atoms with van der Waals surface area (Å²) in [6.45, 7) is 6.43. The maximum absolute atomic E-state index is 11.2. The first kappa shape index (κ1) is 20.1. The highest BCUT2D eigenvalue weighted by Gasteiger charge is 2.15. The summed E-state index contributed by atoms with van der Waals surface area (Å²) in [5.41, 5.74) is 0.359. The molecule has 0 atom stereocenters. The Morgan fingerprint density at radius 3 is 2.38 bits per heavy atom. The molecule has 7 nitrogen and oxygen atoms in total. The van der Waals surface area contributed by atoms with Gasteiger partial charge in [-0.25, -0.2) is 4.79 Å². The van der Waals surface area contributed by atoms with Crippen LogP contribution in [-0.4, -0.2) is 45.4 Å². The van der Waals surface area contributed by atoms with Gasteiger partial charge in [0.15, 0.2) is 0 Å². The van der Waals surface area contributed by atoms with Gasteiger partial charge < -0.3 is 14.2 Å². The molecule has 0 bridgehead atoms. The number of benzene rings is 1. The smallest absolute Gasteiger partial charge is 0.333 e. The van der Waals surface area contributed by atoms with Crippen LogP contribution in [0.4, 0.5) is 0 Å². The number of hydrogen-bond donors (Lipinski definition) is 1. The number of para-hydroxylation sites is 1. The van der Waals surface area contributed by atoms with Crippen LogP contribution in [0, 0.1) is 0 Å². The SMILES string of the molecule is C=C(C)C(=O)OCCCOCCCOc1ccccc1S(=O)(=O)O. The van der Waals surface area contributed by atoms with E-state index in [1.807, 2.05) is 0 Å². The topological polar surface area (TPSA) is 99.1 Å². The molecule has 1 N–H and O–H groups in total. The van der Waals surface area contributed by atoms with E-state index in [0.717, 1.165) is 0 Å².